The van der Waals surface area contributed by atoms with Crippen LogP contribution in [0.25, 0.3) is 0 Å². The van der Waals surface area contributed by atoms with Gasteiger partial charge in [0.1, 0.15) is 0 Å². The number of nitriles is 1. The maximum absolute atomic E-state index is 13.5. The minimum absolute atomic E-state index is 0.159. The molecule has 0 saturated heterocycles. The highest BCUT2D eigenvalue weighted by Gasteiger charge is 2.05. The Bertz CT molecular complexity index is 469. The van der Waals surface area contributed by atoms with Crippen molar-refractivity contribution in [2.24, 2.45) is 0 Å². The molecule has 0 saturated carbocycles. The van der Waals surface area contributed by atoms with Gasteiger partial charge in [-0.05, 0) is 31.0 Å². The number of hydrogen-bond donors (Lipinski definition) is 1. The van der Waals surface area contributed by atoms with Crippen molar-refractivity contribution < 1.29 is 13.9 Å². The predicted octanol–water partition coefficient (Wildman–Crippen LogP) is 2.19. The molecule has 1 rings (SSSR count). The number of benzene rings is 1. The molecule has 0 spiro atoms. The molecule has 1 aromatic rings. The Morgan fingerprint density at radius 2 is 2.32 bits per heavy atom. The van der Waals surface area contributed by atoms with Gasteiger partial charge in [-0.15, -0.1) is 0 Å². The average molecular weight is 264 g/mol. The van der Waals surface area contributed by atoms with E-state index < -0.39 is 5.82 Å². The Morgan fingerprint density at radius 1 is 1.53 bits per heavy atom. The molecule has 0 aliphatic carbocycles. The topological polar surface area (TPSA) is 62.1 Å². The summed E-state index contributed by atoms with van der Waals surface area (Å²) in [4.78, 5) is 11.2. The molecule has 0 fully saturated rings. The van der Waals surface area contributed by atoms with Crippen molar-refractivity contribution in [2.75, 3.05) is 13.2 Å². The molecular weight excluding hydrogens is 247 g/mol. The molecule has 0 aliphatic rings. The summed E-state index contributed by atoms with van der Waals surface area (Å²) in [7, 11) is 0. The first kappa shape index (κ1) is 15.0. The standard InChI is InChI=1S/C14H17FN2O2/c1-2-19-13-6-5-11(10-12(13)15)7-9-17-14(18)4-3-8-16/h5-6,10H,2-4,7,9H2,1H3,(H,17,18). The van der Waals surface area contributed by atoms with Crippen molar-refractivity contribution in [2.45, 2.75) is 26.2 Å². The summed E-state index contributed by atoms with van der Waals surface area (Å²) in [5.74, 6) is -0.313. The highest BCUT2D eigenvalue weighted by Crippen LogP contribution is 2.18. The highest BCUT2D eigenvalue weighted by atomic mass is 19.1. The smallest absolute Gasteiger partial charge is 0.221 e. The molecule has 1 amide bonds. The van der Waals surface area contributed by atoms with Crippen LogP contribution < -0.4 is 10.1 Å². The second-order valence-electron chi connectivity index (χ2n) is 3.96. The van der Waals surface area contributed by atoms with Gasteiger partial charge in [0.15, 0.2) is 11.6 Å². The summed E-state index contributed by atoms with van der Waals surface area (Å²) in [6.07, 6.45) is 0.958. The zero-order valence-corrected chi connectivity index (χ0v) is 10.9. The minimum Gasteiger partial charge on any atom is -0.491 e. The van der Waals surface area contributed by atoms with Gasteiger partial charge in [-0.25, -0.2) is 4.39 Å². The Hall–Kier alpha value is -2.09. The van der Waals surface area contributed by atoms with Gasteiger partial charge in [0.25, 0.3) is 0 Å². The lowest BCUT2D eigenvalue weighted by molar-refractivity contribution is -0.120. The fourth-order valence-corrected chi connectivity index (χ4v) is 1.58. The Labute approximate surface area is 112 Å². The van der Waals surface area contributed by atoms with Crippen LogP contribution >= 0.6 is 0 Å². The van der Waals surface area contributed by atoms with E-state index >= 15 is 0 Å². The van der Waals surface area contributed by atoms with Crippen LogP contribution in [-0.4, -0.2) is 19.1 Å². The van der Waals surface area contributed by atoms with E-state index in [1.54, 1.807) is 19.1 Å². The van der Waals surface area contributed by atoms with Crippen LogP contribution in [0.5, 0.6) is 5.75 Å². The van der Waals surface area contributed by atoms with Crippen LogP contribution in [0.4, 0.5) is 4.39 Å². The van der Waals surface area contributed by atoms with E-state index in [1.165, 1.54) is 6.07 Å². The normalized spacial score (nSPS) is 9.74. The number of carbonyl (C=O) groups is 1. The number of rotatable bonds is 7. The van der Waals surface area contributed by atoms with E-state index in [2.05, 4.69) is 5.32 Å². The molecule has 5 heteroatoms. The molecule has 1 aromatic carbocycles. The zero-order chi connectivity index (χ0) is 14.1. The maximum atomic E-state index is 13.5. The summed E-state index contributed by atoms with van der Waals surface area (Å²) in [5, 5.41) is 11.0. The molecule has 0 aromatic heterocycles. The van der Waals surface area contributed by atoms with Crippen LogP contribution in [0.15, 0.2) is 18.2 Å². The predicted molar refractivity (Wildman–Crippen MR) is 69.1 cm³/mol. The molecule has 0 heterocycles. The van der Waals surface area contributed by atoms with Crippen LogP contribution in [0.1, 0.15) is 25.3 Å². The summed E-state index contributed by atoms with van der Waals surface area (Å²) < 4.78 is 18.6. The van der Waals surface area contributed by atoms with E-state index in [1.807, 2.05) is 6.07 Å². The zero-order valence-electron chi connectivity index (χ0n) is 10.9. The molecule has 0 radical (unpaired) electrons. The second-order valence-corrected chi connectivity index (χ2v) is 3.96. The fourth-order valence-electron chi connectivity index (χ4n) is 1.58. The van der Waals surface area contributed by atoms with E-state index in [4.69, 9.17) is 10.00 Å². The second kappa shape index (κ2) is 8.09. The van der Waals surface area contributed by atoms with Gasteiger partial charge in [0, 0.05) is 19.4 Å². The lowest BCUT2D eigenvalue weighted by atomic mass is 10.1. The van der Waals surface area contributed by atoms with Crippen LogP contribution in [0, 0.1) is 17.1 Å². The Morgan fingerprint density at radius 3 is 2.95 bits per heavy atom. The van der Waals surface area contributed by atoms with E-state index in [0.29, 0.717) is 19.6 Å². The van der Waals surface area contributed by atoms with Gasteiger partial charge in [0.2, 0.25) is 5.91 Å². The van der Waals surface area contributed by atoms with Gasteiger partial charge in [0.05, 0.1) is 12.7 Å². The van der Waals surface area contributed by atoms with Gasteiger partial charge in [-0.1, -0.05) is 6.07 Å². The molecule has 4 nitrogen and oxygen atoms in total. The first-order chi connectivity index (χ1) is 9.17. The van der Waals surface area contributed by atoms with Crippen LogP contribution in [0.2, 0.25) is 0 Å². The van der Waals surface area contributed by atoms with Crippen molar-refractivity contribution in [3.8, 4) is 11.8 Å². The quantitative estimate of drug-likeness (QED) is 0.821. The van der Waals surface area contributed by atoms with Crippen molar-refractivity contribution in [3.63, 3.8) is 0 Å². The summed E-state index contributed by atoms with van der Waals surface area (Å²) in [6.45, 7) is 2.65. The van der Waals surface area contributed by atoms with Gasteiger partial charge >= 0.3 is 0 Å². The lowest BCUT2D eigenvalue weighted by Gasteiger charge is -2.07. The minimum atomic E-state index is -0.393. The largest absolute Gasteiger partial charge is 0.491 e. The number of amides is 1. The fraction of sp³-hybridized carbons (Fsp3) is 0.429. The molecule has 0 aliphatic heterocycles. The molecule has 0 bridgehead atoms. The van der Waals surface area contributed by atoms with Crippen molar-refractivity contribution >= 4 is 5.91 Å². The number of nitrogens with zero attached hydrogens (tertiary/aromatic N) is 1. The van der Waals surface area contributed by atoms with Gasteiger partial charge in [-0.3, -0.25) is 4.79 Å². The first-order valence-corrected chi connectivity index (χ1v) is 6.22. The van der Waals surface area contributed by atoms with Crippen molar-refractivity contribution in [3.05, 3.63) is 29.6 Å². The van der Waals surface area contributed by atoms with Crippen LogP contribution in [-0.2, 0) is 11.2 Å². The molecule has 1 N–H and O–H groups in total. The van der Waals surface area contributed by atoms with E-state index in [9.17, 15) is 9.18 Å². The maximum Gasteiger partial charge on any atom is 0.221 e. The third kappa shape index (κ3) is 5.38. The third-order valence-corrected chi connectivity index (χ3v) is 2.50. The monoisotopic (exact) mass is 264 g/mol. The molecule has 0 atom stereocenters. The summed E-state index contributed by atoms with van der Waals surface area (Å²) >= 11 is 0. The Balaban J connectivity index is 2.40. The van der Waals surface area contributed by atoms with Crippen LogP contribution in [0.3, 0.4) is 0 Å². The molecular formula is C14H17FN2O2. The highest BCUT2D eigenvalue weighted by molar-refractivity contribution is 5.76. The molecule has 19 heavy (non-hydrogen) atoms. The average Bonchev–Trinajstić information content (AvgIpc) is 2.39. The third-order valence-electron chi connectivity index (χ3n) is 2.50. The van der Waals surface area contributed by atoms with Gasteiger partial charge in [-0.2, -0.15) is 5.26 Å². The first-order valence-electron chi connectivity index (χ1n) is 6.22. The number of nitrogens with one attached hydrogen (secondary N) is 1. The van der Waals surface area contributed by atoms with E-state index in [-0.39, 0.29) is 24.5 Å². The lowest BCUT2D eigenvalue weighted by Crippen LogP contribution is -2.25. The summed E-state index contributed by atoms with van der Waals surface area (Å²) in [6, 6.07) is 6.68. The van der Waals surface area contributed by atoms with Gasteiger partial charge < -0.3 is 10.1 Å². The number of ether oxygens (including phenoxy) is 1. The Kier molecular flexibility index (Phi) is 6.37. The molecule has 102 valence electrons. The molecule has 0 unspecified atom stereocenters. The van der Waals surface area contributed by atoms with E-state index in [0.717, 1.165) is 5.56 Å². The number of halogens is 1. The number of hydrogen-bond acceptors (Lipinski definition) is 3. The number of carbonyl (C=O) groups excluding carboxylic acids is 1. The SMILES string of the molecule is CCOc1ccc(CCNC(=O)CCC#N)cc1F. The van der Waals surface area contributed by atoms with Crippen molar-refractivity contribution in [1.82, 2.24) is 5.32 Å². The summed E-state index contributed by atoms with van der Waals surface area (Å²) in [5.41, 5.74) is 0.793. The van der Waals surface area contributed by atoms with Crippen molar-refractivity contribution in [1.29, 1.82) is 5.26 Å².